The molecule has 1 aliphatic rings. The van der Waals surface area contributed by atoms with Gasteiger partial charge in [-0.15, -0.1) is 0 Å². The van der Waals surface area contributed by atoms with E-state index in [2.05, 4.69) is 16.4 Å². The van der Waals surface area contributed by atoms with Gasteiger partial charge in [0.2, 0.25) is 0 Å². The molecule has 1 aromatic heterocycles. The van der Waals surface area contributed by atoms with Crippen LogP contribution in [0.3, 0.4) is 0 Å². The van der Waals surface area contributed by atoms with Crippen LogP contribution in [0.2, 0.25) is 0 Å². The van der Waals surface area contributed by atoms with Gasteiger partial charge in [-0.3, -0.25) is 0 Å². The molecular formula is C10H11N3. The Kier molecular flexibility index (Phi) is 2.24. The standard InChI is InChI=1S/C10H11N3/c11-7-8-3-1-4-10(13-8)9-5-2-6-12-9/h1,3-4,9,12H,2,5-6H2/t9-/m1/s1. The lowest BCUT2D eigenvalue weighted by atomic mass is 10.1. The number of nitriles is 1. The van der Waals surface area contributed by atoms with E-state index in [4.69, 9.17) is 5.26 Å². The number of hydrogen-bond donors (Lipinski definition) is 1. The van der Waals surface area contributed by atoms with Crippen molar-refractivity contribution < 1.29 is 0 Å². The van der Waals surface area contributed by atoms with Gasteiger partial charge in [0.15, 0.2) is 0 Å². The average Bonchev–Trinajstić information content (AvgIpc) is 2.71. The minimum absolute atomic E-state index is 0.355. The van der Waals surface area contributed by atoms with Crippen LogP contribution in [0.4, 0.5) is 0 Å². The Hall–Kier alpha value is -1.40. The molecule has 13 heavy (non-hydrogen) atoms. The molecule has 1 N–H and O–H groups in total. The zero-order valence-electron chi connectivity index (χ0n) is 7.33. The monoisotopic (exact) mass is 173 g/mol. The fraction of sp³-hybridized carbons (Fsp3) is 0.400. The lowest BCUT2D eigenvalue weighted by Crippen LogP contribution is -2.14. The van der Waals surface area contributed by atoms with Crippen molar-refractivity contribution in [1.82, 2.24) is 10.3 Å². The second-order valence-corrected chi connectivity index (χ2v) is 3.21. The third kappa shape index (κ3) is 1.68. The van der Waals surface area contributed by atoms with Gasteiger partial charge in [-0.25, -0.2) is 4.98 Å². The molecular weight excluding hydrogens is 162 g/mol. The van der Waals surface area contributed by atoms with E-state index in [-0.39, 0.29) is 0 Å². The van der Waals surface area contributed by atoms with E-state index < -0.39 is 0 Å². The summed E-state index contributed by atoms with van der Waals surface area (Å²) in [7, 11) is 0. The molecule has 1 aliphatic heterocycles. The van der Waals surface area contributed by atoms with Gasteiger partial charge in [-0.05, 0) is 31.5 Å². The van der Waals surface area contributed by atoms with Crippen molar-refractivity contribution in [3.05, 3.63) is 29.6 Å². The van der Waals surface area contributed by atoms with E-state index in [1.54, 1.807) is 6.07 Å². The number of nitrogens with zero attached hydrogens (tertiary/aromatic N) is 2. The van der Waals surface area contributed by atoms with Crippen LogP contribution in [0.1, 0.15) is 30.3 Å². The second kappa shape index (κ2) is 3.55. The molecule has 2 rings (SSSR count). The molecule has 66 valence electrons. The Balaban J connectivity index is 2.25. The van der Waals surface area contributed by atoms with Crippen molar-refractivity contribution in [1.29, 1.82) is 5.26 Å². The van der Waals surface area contributed by atoms with Gasteiger partial charge in [0.25, 0.3) is 0 Å². The molecule has 0 aromatic carbocycles. The highest BCUT2D eigenvalue weighted by Crippen LogP contribution is 2.20. The van der Waals surface area contributed by atoms with Crippen LogP contribution >= 0.6 is 0 Å². The van der Waals surface area contributed by atoms with Gasteiger partial charge in [0, 0.05) is 6.04 Å². The summed E-state index contributed by atoms with van der Waals surface area (Å²) in [6, 6.07) is 8.01. The first-order valence-corrected chi connectivity index (χ1v) is 4.50. The molecule has 0 saturated carbocycles. The van der Waals surface area contributed by atoms with Crippen molar-refractivity contribution in [2.75, 3.05) is 6.54 Å². The Morgan fingerprint density at radius 2 is 2.46 bits per heavy atom. The summed E-state index contributed by atoms with van der Waals surface area (Å²) < 4.78 is 0. The highest BCUT2D eigenvalue weighted by atomic mass is 15.0. The molecule has 0 unspecified atom stereocenters. The van der Waals surface area contributed by atoms with E-state index in [0.717, 1.165) is 18.7 Å². The van der Waals surface area contributed by atoms with Gasteiger partial charge in [0.05, 0.1) is 5.69 Å². The van der Waals surface area contributed by atoms with Gasteiger partial charge in [0.1, 0.15) is 11.8 Å². The number of pyridine rings is 1. The minimum atomic E-state index is 0.355. The molecule has 1 aromatic rings. The first kappa shape index (κ1) is 8.21. The van der Waals surface area contributed by atoms with E-state index in [0.29, 0.717) is 11.7 Å². The van der Waals surface area contributed by atoms with Crippen LogP contribution in [0.5, 0.6) is 0 Å². The predicted octanol–water partition coefficient (Wildman–Crippen LogP) is 1.38. The summed E-state index contributed by atoms with van der Waals surface area (Å²) in [6.07, 6.45) is 2.32. The molecule has 3 heteroatoms. The maximum absolute atomic E-state index is 8.67. The Bertz CT molecular complexity index is 334. The SMILES string of the molecule is N#Cc1cccc([C@H]2CCCN2)n1. The van der Waals surface area contributed by atoms with E-state index >= 15 is 0 Å². The molecule has 2 heterocycles. The largest absolute Gasteiger partial charge is 0.309 e. The maximum Gasteiger partial charge on any atom is 0.140 e. The Morgan fingerprint density at radius 3 is 3.15 bits per heavy atom. The van der Waals surface area contributed by atoms with Crippen LogP contribution in [-0.2, 0) is 0 Å². The van der Waals surface area contributed by atoms with Gasteiger partial charge in [-0.1, -0.05) is 6.07 Å². The van der Waals surface area contributed by atoms with Crippen LogP contribution in [-0.4, -0.2) is 11.5 Å². The van der Waals surface area contributed by atoms with Crippen molar-refractivity contribution in [2.24, 2.45) is 0 Å². The second-order valence-electron chi connectivity index (χ2n) is 3.21. The highest BCUT2D eigenvalue weighted by molar-refractivity contribution is 5.23. The summed E-state index contributed by atoms with van der Waals surface area (Å²) in [5.74, 6) is 0. The quantitative estimate of drug-likeness (QED) is 0.698. The van der Waals surface area contributed by atoms with Crippen LogP contribution in [0.25, 0.3) is 0 Å². The fourth-order valence-electron chi connectivity index (χ4n) is 1.64. The first-order chi connectivity index (χ1) is 6.40. The van der Waals surface area contributed by atoms with E-state index in [1.807, 2.05) is 12.1 Å². The number of aromatic nitrogens is 1. The molecule has 0 bridgehead atoms. The van der Waals surface area contributed by atoms with Crippen LogP contribution in [0, 0.1) is 11.3 Å². The molecule has 1 saturated heterocycles. The van der Waals surface area contributed by atoms with Crippen LogP contribution in [0.15, 0.2) is 18.2 Å². The summed E-state index contributed by atoms with van der Waals surface area (Å²) in [6.45, 7) is 1.06. The molecule has 0 spiro atoms. The topological polar surface area (TPSA) is 48.7 Å². The molecule has 3 nitrogen and oxygen atoms in total. The molecule has 1 atom stereocenters. The molecule has 0 radical (unpaired) electrons. The maximum atomic E-state index is 8.67. The normalized spacial score (nSPS) is 21.3. The van der Waals surface area contributed by atoms with Crippen molar-refractivity contribution in [3.63, 3.8) is 0 Å². The average molecular weight is 173 g/mol. The minimum Gasteiger partial charge on any atom is -0.309 e. The lowest BCUT2D eigenvalue weighted by molar-refractivity contribution is 0.627. The number of nitrogens with one attached hydrogen (secondary N) is 1. The summed E-state index contributed by atoms with van der Waals surface area (Å²) in [5.41, 5.74) is 1.50. The van der Waals surface area contributed by atoms with Gasteiger partial charge >= 0.3 is 0 Å². The molecule has 0 amide bonds. The third-order valence-corrected chi connectivity index (χ3v) is 2.30. The fourth-order valence-corrected chi connectivity index (χ4v) is 1.64. The van der Waals surface area contributed by atoms with Crippen molar-refractivity contribution in [3.8, 4) is 6.07 Å². The Morgan fingerprint density at radius 1 is 1.54 bits per heavy atom. The van der Waals surface area contributed by atoms with E-state index in [9.17, 15) is 0 Å². The zero-order valence-corrected chi connectivity index (χ0v) is 7.33. The Labute approximate surface area is 77.4 Å². The number of rotatable bonds is 1. The molecule has 0 aliphatic carbocycles. The van der Waals surface area contributed by atoms with Crippen molar-refractivity contribution in [2.45, 2.75) is 18.9 Å². The highest BCUT2D eigenvalue weighted by Gasteiger charge is 2.17. The predicted molar refractivity (Wildman–Crippen MR) is 48.9 cm³/mol. The van der Waals surface area contributed by atoms with Gasteiger partial charge < -0.3 is 5.32 Å². The molecule has 1 fully saturated rings. The van der Waals surface area contributed by atoms with Gasteiger partial charge in [-0.2, -0.15) is 5.26 Å². The van der Waals surface area contributed by atoms with Crippen LogP contribution < -0.4 is 5.32 Å². The number of hydrogen-bond acceptors (Lipinski definition) is 3. The van der Waals surface area contributed by atoms with E-state index in [1.165, 1.54) is 6.42 Å². The smallest absolute Gasteiger partial charge is 0.140 e. The first-order valence-electron chi connectivity index (χ1n) is 4.50. The summed E-state index contributed by atoms with van der Waals surface area (Å²) >= 11 is 0. The summed E-state index contributed by atoms with van der Waals surface area (Å²) in [5, 5.41) is 12.0. The zero-order chi connectivity index (χ0) is 9.10. The third-order valence-electron chi connectivity index (χ3n) is 2.30. The van der Waals surface area contributed by atoms with Crippen molar-refractivity contribution >= 4 is 0 Å². The lowest BCUT2D eigenvalue weighted by Gasteiger charge is -2.08. The summed E-state index contributed by atoms with van der Waals surface area (Å²) in [4.78, 5) is 4.25.